The highest BCUT2D eigenvalue weighted by Crippen LogP contribution is 2.50. The molecular weight excluding hydrogens is 308 g/mol. The minimum Gasteiger partial charge on any atom is -0.508 e. The lowest BCUT2D eigenvalue weighted by Crippen LogP contribution is -2.08. The predicted octanol–water partition coefficient (Wildman–Crippen LogP) is 3.96. The molecule has 0 spiro atoms. The number of fused-ring (bicyclic) bond motifs is 1. The molecule has 0 unspecified atom stereocenters. The maximum absolute atomic E-state index is 9.98. The van der Waals surface area contributed by atoms with Crippen LogP contribution in [0.4, 0.5) is 0 Å². The van der Waals surface area contributed by atoms with E-state index in [2.05, 4.69) is 6.92 Å². The number of hydrogen-bond donors (Lipinski definition) is 1. The van der Waals surface area contributed by atoms with Gasteiger partial charge in [-0.3, -0.25) is 0 Å². The molecule has 1 N–H and O–H groups in total. The molecule has 3 rings (SSSR count). The van der Waals surface area contributed by atoms with E-state index in [1.165, 1.54) is 0 Å². The summed E-state index contributed by atoms with van der Waals surface area (Å²) in [6, 6.07) is 7.47. The number of rotatable bonds is 4. The predicted molar refractivity (Wildman–Crippen MR) is 90.7 cm³/mol. The summed E-state index contributed by atoms with van der Waals surface area (Å²) >= 11 is 0. The van der Waals surface area contributed by atoms with Crippen LogP contribution in [-0.4, -0.2) is 26.4 Å². The Hall–Kier alpha value is -2.56. The van der Waals surface area contributed by atoms with Gasteiger partial charge in [-0.15, -0.1) is 0 Å². The first-order valence-electron chi connectivity index (χ1n) is 7.80. The minimum atomic E-state index is -0.185. The Labute approximate surface area is 141 Å². The van der Waals surface area contributed by atoms with Crippen LogP contribution in [0.2, 0.25) is 0 Å². The Kier molecular flexibility index (Phi) is 4.18. The van der Waals surface area contributed by atoms with Gasteiger partial charge >= 0.3 is 0 Å². The van der Waals surface area contributed by atoms with E-state index < -0.39 is 0 Å². The standard InChI is InChI=1S/C19H22O5/c1-10-6-15-13(9-14(10)20)11(2)18(24-15)12-7-16(21-3)19(23-5)17(8-12)22-4/h6-9,11,18,20H,1-5H3/t11-,18-/m1/s1. The van der Waals surface area contributed by atoms with Crippen LogP contribution in [0.15, 0.2) is 24.3 Å². The maximum atomic E-state index is 9.98. The van der Waals surface area contributed by atoms with E-state index in [4.69, 9.17) is 18.9 Å². The van der Waals surface area contributed by atoms with Gasteiger partial charge in [0.25, 0.3) is 0 Å². The first-order valence-corrected chi connectivity index (χ1v) is 7.80. The smallest absolute Gasteiger partial charge is 0.203 e. The number of aromatic hydroxyl groups is 1. The highest BCUT2D eigenvalue weighted by atomic mass is 16.5. The zero-order valence-corrected chi connectivity index (χ0v) is 14.5. The van der Waals surface area contributed by atoms with Crippen LogP contribution in [0.25, 0.3) is 0 Å². The van der Waals surface area contributed by atoms with Gasteiger partial charge in [-0.25, -0.2) is 0 Å². The van der Waals surface area contributed by atoms with Crippen molar-refractivity contribution in [3.63, 3.8) is 0 Å². The molecule has 0 aromatic heterocycles. The number of hydrogen-bond acceptors (Lipinski definition) is 5. The Morgan fingerprint density at radius 1 is 0.958 bits per heavy atom. The minimum absolute atomic E-state index is 0.0920. The Morgan fingerprint density at radius 2 is 1.58 bits per heavy atom. The first-order chi connectivity index (χ1) is 11.5. The van der Waals surface area contributed by atoms with Crippen molar-refractivity contribution in [3.8, 4) is 28.7 Å². The summed E-state index contributed by atoms with van der Waals surface area (Å²) < 4.78 is 22.4. The lowest BCUT2D eigenvalue weighted by molar-refractivity contribution is 0.214. The number of ether oxygens (including phenoxy) is 4. The van der Waals surface area contributed by atoms with Gasteiger partial charge in [0.2, 0.25) is 5.75 Å². The van der Waals surface area contributed by atoms with E-state index in [0.29, 0.717) is 17.2 Å². The molecule has 0 fully saturated rings. The third kappa shape index (κ3) is 2.50. The maximum Gasteiger partial charge on any atom is 0.203 e. The molecule has 0 amide bonds. The second-order valence-electron chi connectivity index (χ2n) is 5.96. The van der Waals surface area contributed by atoms with Crippen LogP contribution >= 0.6 is 0 Å². The lowest BCUT2D eigenvalue weighted by atomic mass is 9.92. The first kappa shape index (κ1) is 16.3. The average Bonchev–Trinajstić information content (AvgIpc) is 2.90. The van der Waals surface area contributed by atoms with Crippen molar-refractivity contribution in [1.82, 2.24) is 0 Å². The Morgan fingerprint density at radius 3 is 2.12 bits per heavy atom. The number of benzene rings is 2. The van der Waals surface area contributed by atoms with E-state index in [0.717, 1.165) is 22.4 Å². The summed E-state index contributed by atoms with van der Waals surface area (Å²) in [5.41, 5.74) is 2.73. The molecule has 5 nitrogen and oxygen atoms in total. The van der Waals surface area contributed by atoms with Crippen molar-refractivity contribution < 1.29 is 24.1 Å². The molecule has 0 saturated carbocycles. The molecule has 0 aliphatic carbocycles. The number of methoxy groups -OCH3 is 3. The largest absolute Gasteiger partial charge is 0.508 e. The second kappa shape index (κ2) is 6.15. The fourth-order valence-corrected chi connectivity index (χ4v) is 3.17. The van der Waals surface area contributed by atoms with Crippen molar-refractivity contribution in [1.29, 1.82) is 0 Å². The van der Waals surface area contributed by atoms with E-state index in [1.807, 2.05) is 25.1 Å². The Balaban J connectivity index is 2.04. The molecule has 24 heavy (non-hydrogen) atoms. The molecule has 128 valence electrons. The lowest BCUT2D eigenvalue weighted by Gasteiger charge is -2.19. The van der Waals surface area contributed by atoms with Crippen LogP contribution in [-0.2, 0) is 0 Å². The third-order valence-electron chi connectivity index (χ3n) is 4.54. The van der Waals surface area contributed by atoms with E-state index in [1.54, 1.807) is 27.4 Å². The fourth-order valence-electron chi connectivity index (χ4n) is 3.17. The van der Waals surface area contributed by atoms with Gasteiger partial charge in [0.15, 0.2) is 11.5 Å². The van der Waals surface area contributed by atoms with Crippen LogP contribution in [0.3, 0.4) is 0 Å². The molecule has 0 bridgehead atoms. The van der Waals surface area contributed by atoms with E-state index in [-0.39, 0.29) is 17.8 Å². The fraction of sp³-hybridized carbons (Fsp3) is 0.368. The van der Waals surface area contributed by atoms with Gasteiger partial charge in [-0.05, 0) is 36.8 Å². The van der Waals surface area contributed by atoms with Crippen molar-refractivity contribution in [2.75, 3.05) is 21.3 Å². The van der Waals surface area contributed by atoms with Crippen LogP contribution in [0.5, 0.6) is 28.7 Å². The molecule has 2 aromatic rings. The third-order valence-corrected chi connectivity index (χ3v) is 4.54. The molecule has 1 heterocycles. The van der Waals surface area contributed by atoms with Gasteiger partial charge in [0, 0.05) is 17.0 Å². The van der Waals surface area contributed by atoms with E-state index in [9.17, 15) is 5.11 Å². The summed E-state index contributed by atoms with van der Waals surface area (Å²) in [6.45, 7) is 3.94. The number of phenols is 1. The van der Waals surface area contributed by atoms with Gasteiger partial charge in [0.05, 0.1) is 21.3 Å². The van der Waals surface area contributed by atoms with Crippen molar-refractivity contribution in [2.24, 2.45) is 0 Å². The molecule has 1 aliphatic rings. The van der Waals surface area contributed by atoms with Crippen LogP contribution in [0.1, 0.15) is 35.6 Å². The summed E-state index contributed by atoms with van der Waals surface area (Å²) in [6.07, 6.45) is -0.185. The normalized spacial score (nSPS) is 18.7. The van der Waals surface area contributed by atoms with E-state index >= 15 is 0 Å². The summed E-state index contributed by atoms with van der Waals surface area (Å²) in [5, 5.41) is 9.98. The molecular formula is C19H22O5. The topological polar surface area (TPSA) is 57.2 Å². The Bertz CT molecular complexity index is 744. The molecule has 2 aromatic carbocycles. The molecule has 1 aliphatic heterocycles. The SMILES string of the molecule is COc1cc([C@@H]2Oc3cc(C)c(O)cc3[C@H]2C)cc(OC)c1OC. The number of aryl methyl sites for hydroxylation is 1. The van der Waals surface area contributed by atoms with Crippen molar-refractivity contribution in [2.45, 2.75) is 25.9 Å². The second-order valence-corrected chi connectivity index (χ2v) is 5.96. The molecule has 0 radical (unpaired) electrons. The van der Waals surface area contributed by atoms with Gasteiger partial charge in [0.1, 0.15) is 17.6 Å². The zero-order valence-electron chi connectivity index (χ0n) is 14.5. The molecule has 2 atom stereocenters. The molecule has 5 heteroatoms. The monoisotopic (exact) mass is 330 g/mol. The van der Waals surface area contributed by atoms with Gasteiger partial charge in [-0.1, -0.05) is 6.92 Å². The summed E-state index contributed by atoms with van der Waals surface area (Å²) in [7, 11) is 4.77. The molecule has 0 saturated heterocycles. The van der Waals surface area contributed by atoms with Crippen LogP contribution < -0.4 is 18.9 Å². The average molecular weight is 330 g/mol. The summed E-state index contributed by atoms with van der Waals surface area (Å²) in [5.74, 6) is 2.93. The van der Waals surface area contributed by atoms with Crippen molar-refractivity contribution >= 4 is 0 Å². The highest BCUT2D eigenvalue weighted by molar-refractivity contribution is 5.56. The number of phenolic OH excluding ortho intramolecular Hbond substituents is 1. The van der Waals surface area contributed by atoms with Crippen LogP contribution in [0, 0.1) is 6.92 Å². The van der Waals surface area contributed by atoms with Crippen molar-refractivity contribution in [3.05, 3.63) is 41.0 Å². The quantitative estimate of drug-likeness (QED) is 0.919. The highest BCUT2D eigenvalue weighted by Gasteiger charge is 2.34. The summed E-state index contributed by atoms with van der Waals surface area (Å²) in [4.78, 5) is 0. The van der Waals surface area contributed by atoms with Gasteiger partial charge in [-0.2, -0.15) is 0 Å². The zero-order chi connectivity index (χ0) is 17.4. The van der Waals surface area contributed by atoms with Gasteiger partial charge < -0.3 is 24.1 Å².